The number of aromatic nitrogens is 2. The lowest BCUT2D eigenvalue weighted by atomic mass is 9.81. The van der Waals surface area contributed by atoms with Crippen LogP contribution in [0, 0.1) is 0 Å². The normalized spacial score (nSPS) is 11.6. The Bertz CT molecular complexity index is 2760. The first-order chi connectivity index (χ1) is 38.3. The summed E-state index contributed by atoms with van der Waals surface area (Å²) in [6.07, 6.45) is 7.95. The van der Waals surface area contributed by atoms with Crippen molar-refractivity contribution in [2.45, 2.75) is 23.9 Å². The monoisotopic (exact) mass is 1160 g/mol. The summed E-state index contributed by atoms with van der Waals surface area (Å²) in [5.41, 5.74) is 10.4. The Kier molecular flexibility index (Phi) is 25.9. The molecule has 8 rings (SSSR count). The van der Waals surface area contributed by atoms with Gasteiger partial charge in [-0.25, -0.2) is 0 Å². The molecule has 0 aliphatic rings. The number of anilines is 4. The van der Waals surface area contributed by atoms with Crippen molar-refractivity contribution in [3.05, 3.63) is 252 Å². The molecule has 0 amide bonds. The van der Waals surface area contributed by atoms with E-state index in [2.05, 4.69) is 117 Å². The highest BCUT2D eigenvalue weighted by Gasteiger charge is 2.40. The van der Waals surface area contributed by atoms with E-state index in [1.54, 1.807) is 0 Å². The fourth-order valence-electron chi connectivity index (χ4n) is 8.69. The second-order valence-corrected chi connectivity index (χ2v) is 19.8. The molecule has 0 bridgehead atoms. The summed E-state index contributed by atoms with van der Waals surface area (Å²) in [7, 11) is 4.29. The number of alkyl halides is 2. The van der Waals surface area contributed by atoms with Gasteiger partial charge in [-0.1, -0.05) is 121 Å². The van der Waals surface area contributed by atoms with E-state index in [1.165, 1.54) is 0 Å². The number of ketones is 2. The lowest BCUT2D eigenvalue weighted by Gasteiger charge is -2.25. The zero-order valence-corrected chi connectivity index (χ0v) is 47.7. The van der Waals surface area contributed by atoms with Crippen molar-refractivity contribution in [2.24, 2.45) is 0 Å². The molecule has 0 N–H and O–H groups in total. The number of nitrogens with zero attached hydrogens (tertiary/aromatic N) is 6. The lowest BCUT2D eigenvalue weighted by molar-refractivity contribution is -0.710. The second-order valence-electron chi connectivity index (χ2n) is 19.0. The van der Waals surface area contributed by atoms with Crippen molar-refractivity contribution in [3.8, 4) is 0 Å². The first kappa shape index (κ1) is 65.8. The van der Waals surface area contributed by atoms with Gasteiger partial charge in [-0.3, -0.25) is 9.59 Å². The molecule has 0 spiro atoms. The molecule has 6 aromatic carbocycles. The van der Waals surface area contributed by atoms with E-state index in [4.69, 9.17) is 23.2 Å². The van der Waals surface area contributed by atoms with Crippen LogP contribution < -0.4 is 28.7 Å². The van der Waals surface area contributed by atoms with Crippen LogP contribution in [0.3, 0.4) is 0 Å². The summed E-state index contributed by atoms with van der Waals surface area (Å²) in [6, 6.07) is 64.4. The second kappa shape index (κ2) is 31.9. The largest absolute Gasteiger partial charge is 0.673 e. The van der Waals surface area contributed by atoms with Gasteiger partial charge >= 0.3 is 14.5 Å². The van der Waals surface area contributed by atoms with E-state index in [9.17, 15) is 44.1 Å². The third-order valence-electron chi connectivity index (χ3n) is 12.5. The quantitative estimate of drug-likeness (QED) is 0.0316. The Morgan fingerprint density at radius 1 is 0.358 bits per heavy atom. The molecule has 81 heavy (non-hydrogen) atoms. The van der Waals surface area contributed by atoms with Gasteiger partial charge in [0.25, 0.3) is 0 Å². The molecule has 0 fully saturated rings. The van der Waals surface area contributed by atoms with Gasteiger partial charge in [0, 0.05) is 115 Å². The average Bonchev–Trinajstić information content (AvgIpc) is 3.60. The van der Waals surface area contributed by atoms with Crippen molar-refractivity contribution in [1.82, 2.24) is 0 Å². The summed E-state index contributed by atoms with van der Waals surface area (Å²) in [5, 5.41) is 0.194. The van der Waals surface area contributed by atoms with Gasteiger partial charge in [0.05, 0.1) is 17.2 Å². The van der Waals surface area contributed by atoms with Gasteiger partial charge in [0.2, 0.25) is 23.7 Å². The van der Waals surface area contributed by atoms with Crippen LogP contribution in [0.25, 0.3) is 0 Å². The van der Waals surface area contributed by atoms with Gasteiger partial charge < -0.3 is 54.1 Å². The molecule has 20 heteroatoms. The first-order valence-electron chi connectivity index (χ1n) is 25.4. The topological polar surface area (TPSA) is 54.9 Å². The predicted octanol–water partition coefficient (Wildman–Crippen LogP) is 14.7. The van der Waals surface area contributed by atoms with Gasteiger partial charge in [-0.2, -0.15) is 9.13 Å². The zero-order chi connectivity index (χ0) is 59.9. The highest BCUT2D eigenvalue weighted by molar-refractivity contribution is 6.50. The SMILES string of the molecule is CN(C)c1ccc(C(c2ccc(N(C)C)cc2)[C@@H](C(=O)c2ccccc2)[n+]2ccccc2)cc1.CN(C)c1ccc(C(c2ccc(N(C)C)cc2)[C@@H](C(=O)c2ccccc2)[n+]2ccccc2)cc1.ClCCl.F[B-](F)(F)F.F[B-](F)(F)F. The molecular formula is C61H66B2Cl2F8N6O2. The summed E-state index contributed by atoms with van der Waals surface area (Å²) < 4.78 is 82.1. The van der Waals surface area contributed by atoms with Crippen LogP contribution in [0.4, 0.5) is 57.3 Å². The van der Waals surface area contributed by atoms with E-state index in [-0.39, 0.29) is 28.7 Å². The number of hydrogen-bond acceptors (Lipinski definition) is 6. The van der Waals surface area contributed by atoms with Crippen LogP contribution in [-0.4, -0.2) is 87.8 Å². The highest BCUT2D eigenvalue weighted by Crippen LogP contribution is 2.38. The number of pyridine rings is 2. The molecule has 8 nitrogen and oxygen atoms in total. The molecule has 0 radical (unpaired) electrons. The minimum atomic E-state index is -6.00. The Hall–Kier alpha value is -7.69. The molecule has 0 saturated carbocycles. The number of carbonyl (C=O) groups is 2. The van der Waals surface area contributed by atoms with E-state index < -0.39 is 26.6 Å². The lowest BCUT2D eigenvalue weighted by Crippen LogP contribution is -2.47. The van der Waals surface area contributed by atoms with Crippen LogP contribution in [0.1, 0.15) is 66.9 Å². The molecule has 0 aliphatic heterocycles. The Morgan fingerprint density at radius 3 is 0.728 bits per heavy atom. The highest BCUT2D eigenvalue weighted by atomic mass is 35.5. The number of hydrogen-bond donors (Lipinski definition) is 0. The van der Waals surface area contributed by atoms with Crippen LogP contribution >= 0.6 is 23.2 Å². The number of carbonyl (C=O) groups excluding carboxylic acids is 2. The maximum atomic E-state index is 14.0. The number of Topliss-reactive ketones (excluding diaryl/α,β-unsaturated/α-hetero) is 2. The molecule has 428 valence electrons. The fourth-order valence-corrected chi connectivity index (χ4v) is 8.69. The zero-order valence-electron chi connectivity index (χ0n) is 46.2. The van der Waals surface area contributed by atoms with Crippen molar-refractivity contribution >= 4 is 72.0 Å². The Balaban J connectivity index is 0.000000287. The van der Waals surface area contributed by atoms with Crippen molar-refractivity contribution in [2.75, 3.05) is 81.3 Å². The van der Waals surface area contributed by atoms with Gasteiger partial charge in [0.1, 0.15) is 0 Å². The number of benzene rings is 6. The van der Waals surface area contributed by atoms with Crippen LogP contribution in [0.5, 0.6) is 0 Å². The smallest absolute Gasteiger partial charge is 0.418 e. The third kappa shape index (κ3) is 21.7. The van der Waals surface area contributed by atoms with Gasteiger partial charge in [-0.05, 0) is 70.8 Å². The van der Waals surface area contributed by atoms with Crippen LogP contribution in [0.2, 0.25) is 0 Å². The summed E-state index contributed by atoms with van der Waals surface area (Å²) in [5.74, 6) is -0.134. The van der Waals surface area contributed by atoms with Crippen molar-refractivity contribution < 1.29 is 53.2 Å². The number of halogens is 10. The van der Waals surface area contributed by atoms with E-state index in [0.717, 1.165) is 45.0 Å². The summed E-state index contributed by atoms with van der Waals surface area (Å²) in [4.78, 5) is 36.4. The Labute approximate surface area is 480 Å². The molecule has 2 aromatic heterocycles. The Morgan fingerprint density at radius 2 is 0.543 bits per heavy atom. The van der Waals surface area contributed by atoms with Gasteiger partial charge in [-0.15, -0.1) is 23.2 Å². The minimum Gasteiger partial charge on any atom is -0.418 e. The summed E-state index contributed by atoms with van der Waals surface area (Å²) in [6.45, 7) is 0. The first-order valence-corrected chi connectivity index (χ1v) is 26.5. The molecule has 0 saturated heterocycles. The third-order valence-corrected chi connectivity index (χ3v) is 12.5. The number of rotatable bonds is 16. The molecule has 2 heterocycles. The van der Waals surface area contributed by atoms with E-state index >= 15 is 0 Å². The maximum Gasteiger partial charge on any atom is 0.673 e. The molecule has 2 atom stereocenters. The predicted molar refractivity (Wildman–Crippen MR) is 317 cm³/mol. The maximum absolute atomic E-state index is 14.0. The summed E-state index contributed by atoms with van der Waals surface area (Å²) >= 11 is 9.53. The molecule has 0 unspecified atom stereocenters. The van der Waals surface area contributed by atoms with E-state index in [1.807, 2.05) is 187 Å². The van der Waals surface area contributed by atoms with Crippen LogP contribution in [0.15, 0.2) is 219 Å². The fraction of sp³-hybridized carbons (Fsp3) is 0.213. The van der Waals surface area contributed by atoms with Crippen molar-refractivity contribution in [3.63, 3.8) is 0 Å². The average molecular weight is 1160 g/mol. The molecule has 0 aliphatic carbocycles. The van der Waals surface area contributed by atoms with Gasteiger partial charge in [0.15, 0.2) is 24.8 Å². The molecular weight excluding hydrogens is 1090 g/mol. The minimum absolute atomic E-state index is 0.0928. The van der Waals surface area contributed by atoms with Crippen molar-refractivity contribution in [1.29, 1.82) is 0 Å². The van der Waals surface area contributed by atoms with Crippen LogP contribution in [-0.2, 0) is 0 Å². The standard InChI is InChI=1S/2C30H32N3O.CH2Cl2.2BF4/c2*1-31(2)26-17-13-23(14-18-26)28(24-15-19-27(20-16-24)32(3)4)29(33-21-9-6-10-22-33)30(34)25-11-7-5-8-12-25;2-1-3;2*2-1(3,4)5/h2*5-22,28-29H,1-4H3;1H2;;/q2*+1;;2*-1/t2*29-;;;/m00.../s1. The van der Waals surface area contributed by atoms with E-state index in [0.29, 0.717) is 11.1 Å². The molecule has 8 aromatic rings.